The Morgan fingerprint density at radius 2 is 1.17 bits per heavy atom. The van der Waals surface area contributed by atoms with Gasteiger partial charge in [-0.3, -0.25) is 20.4 Å². The molecule has 0 saturated carbocycles. The van der Waals surface area contributed by atoms with Crippen LogP contribution in [0.15, 0.2) is 58.7 Å². The van der Waals surface area contributed by atoms with Crippen molar-refractivity contribution >= 4 is 46.5 Å². The van der Waals surface area contributed by atoms with E-state index in [4.69, 9.17) is 22.3 Å². The normalized spacial score (nSPS) is 11.4. The van der Waals surface area contributed by atoms with Crippen LogP contribution in [-0.4, -0.2) is 35.2 Å². The summed E-state index contributed by atoms with van der Waals surface area (Å²) >= 11 is 0. The summed E-state index contributed by atoms with van der Waals surface area (Å²) in [5, 5.41) is 29.3. The number of nitrogens with zero attached hydrogens (tertiary/aromatic N) is 2. The van der Waals surface area contributed by atoms with Crippen molar-refractivity contribution in [3.63, 3.8) is 0 Å². The van der Waals surface area contributed by atoms with Gasteiger partial charge in [0.1, 0.15) is 11.7 Å². The van der Waals surface area contributed by atoms with E-state index >= 15 is 0 Å². The number of carbonyl (C=O) groups excluding carboxylic acids is 2. The lowest BCUT2D eigenvalue weighted by atomic mass is 10.1. The van der Waals surface area contributed by atoms with Crippen LogP contribution in [0.25, 0.3) is 0 Å². The predicted molar refractivity (Wildman–Crippen MR) is 139 cm³/mol. The molecule has 12 nitrogen and oxygen atoms in total. The van der Waals surface area contributed by atoms with Gasteiger partial charge < -0.3 is 22.1 Å². The molecule has 0 fully saturated rings. The number of carbonyl (C=O) groups is 2. The Bertz CT molecular complexity index is 1070. The van der Waals surface area contributed by atoms with Crippen molar-refractivity contribution < 1.29 is 9.59 Å². The van der Waals surface area contributed by atoms with Gasteiger partial charge in [0.2, 0.25) is 11.9 Å². The van der Waals surface area contributed by atoms with Crippen LogP contribution in [0.1, 0.15) is 53.8 Å². The third-order valence-corrected chi connectivity index (χ3v) is 4.57. The van der Waals surface area contributed by atoms with Crippen LogP contribution in [0.3, 0.4) is 0 Å². The molecule has 0 aliphatic carbocycles. The molecular formula is C23H30N10O2. The van der Waals surface area contributed by atoms with Crippen LogP contribution in [0, 0.1) is 10.8 Å². The molecule has 0 amide bonds. The summed E-state index contributed by atoms with van der Waals surface area (Å²) in [5.74, 6) is 0.209. The van der Waals surface area contributed by atoms with Crippen LogP contribution in [0.2, 0.25) is 0 Å². The molecule has 0 radical (unpaired) electrons. The Hall–Kier alpha value is -4.74. The fraction of sp³-hybridized carbons (Fsp3) is 0.217. The standard InChI is InChI=1S/C23H30N10O2/c1-14(34)16-6-3-8-18(12-16)28-20(30-32-22(24)25)10-5-11-21(31-33-23(26)27)29-19-9-4-7-17(13-19)15(2)35/h3-4,6-9,12-13H,5,10-11H2,1-2H3,(H,28,30)(H,29,31)(H4,24,25,32)(H4,26,27,33). The number of rotatable bonds is 10. The Morgan fingerprint density at radius 1 is 0.771 bits per heavy atom. The number of benzene rings is 2. The number of hydrogen-bond acceptors (Lipinski definition) is 6. The number of guanidine groups is 2. The van der Waals surface area contributed by atoms with E-state index in [0.29, 0.717) is 53.4 Å². The molecule has 0 aliphatic heterocycles. The second-order valence-electron chi connectivity index (χ2n) is 7.55. The first kappa shape index (κ1) is 26.5. The fourth-order valence-electron chi connectivity index (χ4n) is 2.94. The van der Waals surface area contributed by atoms with Gasteiger partial charge in [-0.25, -0.2) is 10.9 Å². The predicted octanol–water partition coefficient (Wildman–Crippen LogP) is 2.38. The van der Waals surface area contributed by atoms with E-state index in [0.717, 1.165) is 0 Å². The van der Waals surface area contributed by atoms with Crippen molar-refractivity contribution in [2.24, 2.45) is 21.7 Å². The zero-order valence-corrected chi connectivity index (χ0v) is 19.6. The van der Waals surface area contributed by atoms with Crippen molar-refractivity contribution in [3.8, 4) is 0 Å². The number of nitrogens with two attached hydrogens (primary N) is 2. The Labute approximate surface area is 203 Å². The van der Waals surface area contributed by atoms with Gasteiger partial charge in [-0.1, -0.05) is 24.3 Å². The molecule has 0 aromatic heterocycles. The van der Waals surface area contributed by atoms with E-state index in [9.17, 15) is 9.59 Å². The van der Waals surface area contributed by atoms with Gasteiger partial charge in [0.25, 0.3) is 0 Å². The molecule has 0 spiro atoms. The number of hydrazone groups is 2. The largest absolute Gasteiger partial charge is 0.369 e. The zero-order chi connectivity index (χ0) is 25.8. The lowest BCUT2D eigenvalue weighted by Gasteiger charge is -2.13. The van der Waals surface area contributed by atoms with E-state index in [1.807, 2.05) is 0 Å². The smallest absolute Gasteiger partial charge is 0.206 e. The van der Waals surface area contributed by atoms with Gasteiger partial charge in [-0.05, 0) is 44.5 Å². The highest BCUT2D eigenvalue weighted by Gasteiger charge is 2.08. The molecule has 2 aromatic carbocycles. The maximum absolute atomic E-state index is 11.7. The molecule has 10 N–H and O–H groups in total. The highest BCUT2D eigenvalue weighted by atomic mass is 16.1. The van der Waals surface area contributed by atoms with Gasteiger partial charge in [0.05, 0.1) is 0 Å². The molecule has 12 heteroatoms. The van der Waals surface area contributed by atoms with Gasteiger partial charge in [0.15, 0.2) is 11.6 Å². The number of ketones is 2. The van der Waals surface area contributed by atoms with Crippen LogP contribution >= 0.6 is 0 Å². The third kappa shape index (κ3) is 9.74. The molecule has 0 bridgehead atoms. The van der Waals surface area contributed by atoms with Crippen LogP contribution < -0.4 is 33.0 Å². The molecule has 0 aliphatic rings. The monoisotopic (exact) mass is 478 g/mol. The molecule has 0 heterocycles. The summed E-state index contributed by atoms with van der Waals surface area (Å²) in [6.07, 6.45) is 1.41. The quantitative estimate of drug-likeness (QED) is 0.110. The highest BCUT2D eigenvalue weighted by Crippen LogP contribution is 2.15. The minimum absolute atomic E-state index is 0.0623. The second-order valence-corrected chi connectivity index (χ2v) is 7.55. The number of nitrogens with one attached hydrogen (secondary N) is 6. The lowest BCUT2D eigenvalue weighted by Crippen LogP contribution is -2.29. The van der Waals surface area contributed by atoms with Gasteiger partial charge in [-0.15, -0.1) is 0 Å². The van der Waals surface area contributed by atoms with Gasteiger partial charge >= 0.3 is 0 Å². The fourth-order valence-corrected chi connectivity index (χ4v) is 2.94. The maximum atomic E-state index is 11.7. The SMILES string of the molecule is CC(=O)c1cccc(NC(CCCC(=NNC(=N)N)Nc2cccc(C(C)=O)c2)=NNC(=N)N)c1. The van der Waals surface area contributed by atoms with Gasteiger partial charge in [0, 0.05) is 35.3 Å². The molecule has 35 heavy (non-hydrogen) atoms. The van der Waals surface area contributed by atoms with Crippen LogP contribution in [0.4, 0.5) is 11.4 Å². The van der Waals surface area contributed by atoms with E-state index < -0.39 is 0 Å². The molecule has 0 atom stereocenters. The molecular weight excluding hydrogens is 448 g/mol. The number of Topliss-reactive ketones (excluding diaryl/α,β-unsaturated/α-hetero) is 2. The summed E-state index contributed by atoms with van der Waals surface area (Å²) in [7, 11) is 0. The van der Waals surface area contributed by atoms with Gasteiger partial charge in [-0.2, -0.15) is 10.2 Å². The van der Waals surface area contributed by atoms with E-state index in [1.165, 1.54) is 13.8 Å². The average molecular weight is 479 g/mol. The summed E-state index contributed by atoms with van der Waals surface area (Å²) in [6, 6.07) is 14.0. The Morgan fingerprint density at radius 3 is 1.51 bits per heavy atom. The van der Waals surface area contributed by atoms with Crippen molar-refractivity contribution in [2.75, 3.05) is 10.6 Å². The summed E-state index contributed by atoms with van der Waals surface area (Å²) in [4.78, 5) is 23.4. The first-order chi connectivity index (χ1) is 16.6. The summed E-state index contributed by atoms with van der Waals surface area (Å²) < 4.78 is 0. The molecule has 0 saturated heterocycles. The molecule has 0 unspecified atom stereocenters. The third-order valence-electron chi connectivity index (χ3n) is 4.57. The Kier molecular flexibility index (Phi) is 9.91. The topological polar surface area (TPSA) is 207 Å². The van der Waals surface area contributed by atoms with Crippen molar-refractivity contribution in [1.82, 2.24) is 10.9 Å². The Balaban J connectivity index is 2.13. The van der Waals surface area contributed by atoms with Crippen molar-refractivity contribution in [3.05, 3.63) is 59.7 Å². The van der Waals surface area contributed by atoms with Crippen molar-refractivity contribution in [1.29, 1.82) is 10.8 Å². The second kappa shape index (κ2) is 13.1. The first-order valence-electron chi connectivity index (χ1n) is 10.7. The van der Waals surface area contributed by atoms with Crippen LogP contribution in [-0.2, 0) is 0 Å². The van der Waals surface area contributed by atoms with E-state index in [2.05, 4.69) is 31.7 Å². The van der Waals surface area contributed by atoms with E-state index in [-0.39, 0.29) is 23.5 Å². The van der Waals surface area contributed by atoms with Crippen molar-refractivity contribution in [2.45, 2.75) is 33.1 Å². The number of amidine groups is 2. The minimum atomic E-state index is -0.318. The first-order valence-corrected chi connectivity index (χ1v) is 10.7. The number of anilines is 2. The summed E-state index contributed by atoms with van der Waals surface area (Å²) in [5.41, 5.74) is 18.0. The highest BCUT2D eigenvalue weighted by molar-refractivity contribution is 6.01. The molecule has 2 aromatic rings. The number of hydrogen-bond donors (Lipinski definition) is 8. The van der Waals surface area contributed by atoms with E-state index in [1.54, 1.807) is 48.5 Å². The van der Waals surface area contributed by atoms with Crippen LogP contribution in [0.5, 0.6) is 0 Å². The molecule has 184 valence electrons. The summed E-state index contributed by atoms with van der Waals surface area (Å²) in [6.45, 7) is 2.97. The zero-order valence-electron chi connectivity index (χ0n) is 19.6. The average Bonchev–Trinajstić information content (AvgIpc) is 2.81. The lowest BCUT2D eigenvalue weighted by molar-refractivity contribution is 0.100. The maximum Gasteiger partial charge on any atom is 0.206 e. The minimum Gasteiger partial charge on any atom is -0.369 e. The molecule has 2 rings (SSSR count).